The number of hydrogen-bond acceptors (Lipinski definition) is 7. The van der Waals surface area contributed by atoms with E-state index in [9.17, 15) is 23.5 Å². The third kappa shape index (κ3) is 4.18. The van der Waals surface area contributed by atoms with Crippen LogP contribution in [0.1, 0.15) is 28.9 Å². The number of aliphatic hydroxyl groups is 1. The average molecular weight is 524 g/mol. The lowest BCUT2D eigenvalue weighted by molar-refractivity contribution is 0.145. The predicted molar refractivity (Wildman–Crippen MR) is 132 cm³/mol. The van der Waals surface area contributed by atoms with Crippen molar-refractivity contribution in [3.8, 4) is 6.07 Å². The SMILES string of the molecule is Cc1nc2c(C#N)c(C(F)F)nn2c(N2CC(CO)C2)c1\C=C1/C=CC(n2cccn2)=C(F)/C1=N\C=C\F. The van der Waals surface area contributed by atoms with Crippen LogP contribution in [0.15, 0.2) is 59.5 Å². The molecular weight excluding hydrogens is 504 g/mol. The Labute approximate surface area is 213 Å². The van der Waals surface area contributed by atoms with Gasteiger partial charge in [0.2, 0.25) is 0 Å². The van der Waals surface area contributed by atoms with Crippen LogP contribution in [0.5, 0.6) is 0 Å². The molecule has 1 aliphatic heterocycles. The number of aliphatic hydroxyl groups excluding tert-OH is 1. The fourth-order valence-corrected chi connectivity index (χ4v) is 4.43. The minimum absolute atomic E-state index is 0.0367. The Hall–Kier alpha value is -4.57. The van der Waals surface area contributed by atoms with E-state index >= 15 is 4.39 Å². The largest absolute Gasteiger partial charge is 0.396 e. The highest BCUT2D eigenvalue weighted by Crippen LogP contribution is 2.36. The van der Waals surface area contributed by atoms with Crippen molar-refractivity contribution in [2.45, 2.75) is 13.3 Å². The van der Waals surface area contributed by atoms with E-state index in [2.05, 4.69) is 20.2 Å². The van der Waals surface area contributed by atoms with Gasteiger partial charge in [0, 0.05) is 49.1 Å². The van der Waals surface area contributed by atoms with Crippen molar-refractivity contribution in [3.05, 3.63) is 77.1 Å². The molecule has 1 saturated heterocycles. The van der Waals surface area contributed by atoms with Gasteiger partial charge in [-0.3, -0.25) is 4.99 Å². The van der Waals surface area contributed by atoms with Gasteiger partial charge in [0.25, 0.3) is 6.43 Å². The fraction of sp³-hybridized carbons (Fsp3) is 0.240. The van der Waals surface area contributed by atoms with Crippen LogP contribution in [0, 0.1) is 24.2 Å². The van der Waals surface area contributed by atoms with E-state index in [1.807, 2.05) is 4.90 Å². The summed E-state index contributed by atoms with van der Waals surface area (Å²) in [5, 5.41) is 27.1. The number of anilines is 1. The van der Waals surface area contributed by atoms with Gasteiger partial charge in [0.05, 0.1) is 11.9 Å². The molecule has 9 nitrogen and oxygen atoms in total. The van der Waals surface area contributed by atoms with Crippen molar-refractivity contribution in [1.82, 2.24) is 24.4 Å². The highest BCUT2D eigenvalue weighted by molar-refractivity contribution is 6.20. The summed E-state index contributed by atoms with van der Waals surface area (Å²) in [6.45, 7) is 2.36. The van der Waals surface area contributed by atoms with Gasteiger partial charge < -0.3 is 10.0 Å². The Morgan fingerprint density at radius 2 is 2.11 bits per heavy atom. The molecule has 3 aromatic rings. The minimum Gasteiger partial charge on any atom is -0.396 e. The summed E-state index contributed by atoms with van der Waals surface area (Å²) >= 11 is 0. The first kappa shape index (κ1) is 25.1. The lowest BCUT2D eigenvalue weighted by atomic mass is 9.97. The third-order valence-corrected chi connectivity index (χ3v) is 6.26. The maximum absolute atomic E-state index is 15.6. The lowest BCUT2D eigenvalue weighted by Gasteiger charge is -2.40. The number of alkyl halides is 2. The van der Waals surface area contributed by atoms with Gasteiger partial charge in [0.15, 0.2) is 11.5 Å². The molecule has 0 radical (unpaired) electrons. The summed E-state index contributed by atoms with van der Waals surface area (Å²) in [5.74, 6) is -0.453. The van der Waals surface area contributed by atoms with Gasteiger partial charge in [0.1, 0.15) is 40.9 Å². The van der Waals surface area contributed by atoms with Gasteiger partial charge in [-0.1, -0.05) is 6.08 Å². The molecule has 194 valence electrons. The van der Waals surface area contributed by atoms with E-state index in [1.165, 1.54) is 21.5 Å². The highest BCUT2D eigenvalue weighted by Gasteiger charge is 2.33. The molecule has 0 saturated carbocycles. The van der Waals surface area contributed by atoms with Crippen LogP contribution >= 0.6 is 0 Å². The van der Waals surface area contributed by atoms with Crippen LogP contribution in [0.2, 0.25) is 0 Å². The second kappa shape index (κ2) is 10.1. The number of allylic oxidation sites excluding steroid dienone is 5. The van der Waals surface area contributed by atoms with Crippen molar-refractivity contribution in [1.29, 1.82) is 5.26 Å². The Balaban J connectivity index is 1.73. The zero-order chi connectivity index (χ0) is 27.0. The number of rotatable bonds is 6. The van der Waals surface area contributed by atoms with Crippen LogP contribution in [-0.4, -0.2) is 54.9 Å². The van der Waals surface area contributed by atoms with E-state index in [4.69, 9.17) is 0 Å². The number of aliphatic imine (C=N–C) groups is 1. The number of nitriles is 1. The summed E-state index contributed by atoms with van der Waals surface area (Å²) in [7, 11) is 0. The second-order valence-electron chi connectivity index (χ2n) is 8.63. The molecule has 0 unspecified atom stereocenters. The first-order valence-electron chi connectivity index (χ1n) is 11.5. The van der Waals surface area contributed by atoms with Crippen LogP contribution in [0.4, 0.5) is 23.4 Å². The molecule has 0 spiro atoms. The summed E-state index contributed by atoms with van der Waals surface area (Å²) in [5.41, 5.74) is -0.142. The molecule has 13 heteroatoms. The van der Waals surface area contributed by atoms with E-state index in [1.54, 1.807) is 37.4 Å². The Morgan fingerprint density at radius 3 is 2.74 bits per heavy atom. The molecule has 0 atom stereocenters. The van der Waals surface area contributed by atoms with Crippen LogP contribution in [0.25, 0.3) is 17.4 Å². The van der Waals surface area contributed by atoms with Crippen molar-refractivity contribution in [3.63, 3.8) is 0 Å². The Kier molecular flexibility index (Phi) is 6.64. The normalized spacial score (nSPS) is 18.5. The van der Waals surface area contributed by atoms with Crippen LogP contribution in [0.3, 0.4) is 0 Å². The Bertz CT molecular complexity index is 1590. The minimum atomic E-state index is -3.00. The summed E-state index contributed by atoms with van der Waals surface area (Å²) < 4.78 is 58.3. The second-order valence-corrected chi connectivity index (χ2v) is 8.63. The quantitative estimate of drug-likeness (QED) is 0.486. The molecular formula is C25H20F4N8O. The number of aromatic nitrogens is 5. The van der Waals surface area contributed by atoms with Crippen molar-refractivity contribution in [2.24, 2.45) is 10.9 Å². The molecule has 2 aliphatic rings. The van der Waals surface area contributed by atoms with E-state index < -0.39 is 17.9 Å². The molecule has 3 aromatic heterocycles. The maximum Gasteiger partial charge on any atom is 0.283 e. The molecule has 1 aliphatic carbocycles. The summed E-state index contributed by atoms with van der Waals surface area (Å²) in [6.07, 6.45) is 5.60. The van der Waals surface area contributed by atoms with Crippen molar-refractivity contribution >= 4 is 28.9 Å². The molecule has 38 heavy (non-hydrogen) atoms. The zero-order valence-electron chi connectivity index (χ0n) is 19.9. The fourth-order valence-electron chi connectivity index (χ4n) is 4.43. The first-order valence-corrected chi connectivity index (χ1v) is 11.5. The predicted octanol–water partition coefficient (Wildman–Crippen LogP) is 4.15. The number of halogens is 4. The molecule has 1 N–H and O–H groups in total. The number of hydrogen-bond donors (Lipinski definition) is 1. The first-order chi connectivity index (χ1) is 18.4. The molecule has 4 heterocycles. The summed E-state index contributed by atoms with van der Waals surface area (Å²) in [4.78, 5) is 10.1. The van der Waals surface area contributed by atoms with Gasteiger partial charge in [-0.25, -0.2) is 27.2 Å². The van der Waals surface area contributed by atoms with Crippen molar-refractivity contribution in [2.75, 3.05) is 24.6 Å². The molecule has 5 rings (SSSR count). The standard InChI is InChI=1S/C25H20F4N8O/c1-14-17(9-16-3-4-19(36-8-2-6-32-36)20(27)21(16)31-7-5-26)25(35-11-15(12-35)13-38)37-24(33-14)18(10-30)22(34-37)23(28)29/h2-9,15,23,38H,11-13H2,1H3/b7-5+,16-9+,31-21-. The highest BCUT2D eigenvalue weighted by atomic mass is 19.3. The van der Waals surface area contributed by atoms with Crippen molar-refractivity contribution < 1.29 is 22.7 Å². The third-order valence-electron chi connectivity index (χ3n) is 6.26. The Morgan fingerprint density at radius 1 is 1.32 bits per heavy atom. The number of fused-ring (bicyclic) bond motifs is 1. The molecule has 0 aromatic carbocycles. The zero-order valence-corrected chi connectivity index (χ0v) is 19.9. The van der Waals surface area contributed by atoms with Gasteiger partial charge in [-0.2, -0.15) is 20.0 Å². The molecule has 0 bridgehead atoms. The van der Waals surface area contributed by atoms with Gasteiger partial charge in [-0.15, -0.1) is 0 Å². The van der Waals surface area contributed by atoms with E-state index in [0.717, 1.165) is 6.20 Å². The average Bonchev–Trinajstić information content (AvgIpc) is 3.53. The topological polar surface area (TPSA) is 108 Å². The van der Waals surface area contributed by atoms with E-state index in [0.29, 0.717) is 30.2 Å². The molecule has 0 amide bonds. The maximum atomic E-state index is 15.6. The van der Waals surface area contributed by atoms with E-state index in [-0.39, 0.29) is 47.0 Å². The van der Waals surface area contributed by atoms with Crippen LogP contribution in [-0.2, 0) is 0 Å². The molecule has 1 fully saturated rings. The lowest BCUT2D eigenvalue weighted by Crippen LogP contribution is -2.49. The number of nitrogens with zero attached hydrogens (tertiary/aromatic N) is 8. The van der Waals surface area contributed by atoms with Gasteiger partial charge in [-0.05, 0) is 25.1 Å². The smallest absolute Gasteiger partial charge is 0.283 e. The van der Waals surface area contributed by atoms with Gasteiger partial charge >= 0.3 is 0 Å². The monoisotopic (exact) mass is 524 g/mol. The van der Waals surface area contributed by atoms with Crippen LogP contribution < -0.4 is 4.90 Å². The summed E-state index contributed by atoms with van der Waals surface area (Å²) in [6, 6.07) is 3.39. The number of aryl methyl sites for hydroxylation is 1.